The first-order valence-electron chi connectivity index (χ1n) is 7.52. The van der Waals surface area contributed by atoms with Crippen LogP contribution < -0.4 is 16.0 Å². The average Bonchev–Trinajstić information content (AvgIpc) is 2.46. The summed E-state index contributed by atoms with van der Waals surface area (Å²) in [5.74, 6) is 0. The van der Waals surface area contributed by atoms with E-state index in [4.69, 9.17) is 5.26 Å². The van der Waals surface area contributed by atoms with Crippen LogP contribution in [0, 0.1) is 11.3 Å². The third kappa shape index (κ3) is 3.17. The molecule has 3 rings (SSSR count). The molecule has 2 amide bonds. The largest absolute Gasteiger partial charge is 0.335 e. The van der Waals surface area contributed by atoms with Gasteiger partial charge in [-0.15, -0.1) is 0 Å². The highest BCUT2D eigenvalue weighted by atomic mass is 16.2. The van der Waals surface area contributed by atoms with Gasteiger partial charge in [0.2, 0.25) is 0 Å². The molecule has 3 N–H and O–H groups in total. The molecule has 1 aromatic carbocycles. The molecule has 0 radical (unpaired) electrons. The number of piperidine rings is 1. The van der Waals surface area contributed by atoms with Gasteiger partial charge in [0.1, 0.15) is 0 Å². The van der Waals surface area contributed by atoms with Gasteiger partial charge in [0.15, 0.2) is 0 Å². The summed E-state index contributed by atoms with van der Waals surface area (Å²) in [5.41, 5.74) is 1.58. The minimum Gasteiger partial charge on any atom is -0.335 e. The minimum atomic E-state index is -0.166. The number of nitriles is 1. The van der Waals surface area contributed by atoms with Gasteiger partial charge in [-0.05, 0) is 62.9 Å². The summed E-state index contributed by atoms with van der Waals surface area (Å²) in [7, 11) is 0. The lowest BCUT2D eigenvalue weighted by Crippen LogP contribution is -2.60. The number of carbonyl (C=O) groups excluding carboxylic acids is 1. The number of carbonyl (C=O) groups is 1. The van der Waals surface area contributed by atoms with Crippen LogP contribution in [0.3, 0.4) is 0 Å². The Morgan fingerprint density at radius 1 is 1.33 bits per heavy atom. The molecule has 1 spiro atoms. The minimum absolute atomic E-state index is 0.166. The normalized spacial score (nSPS) is 22.9. The number of urea groups is 1. The van der Waals surface area contributed by atoms with Gasteiger partial charge in [-0.25, -0.2) is 4.79 Å². The van der Waals surface area contributed by atoms with Crippen molar-refractivity contribution >= 4 is 11.7 Å². The number of anilines is 1. The zero-order valence-electron chi connectivity index (χ0n) is 12.0. The van der Waals surface area contributed by atoms with E-state index in [1.54, 1.807) is 24.3 Å². The highest BCUT2D eigenvalue weighted by Gasteiger charge is 2.41. The Kier molecular flexibility index (Phi) is 3.80. The van der Waals surface area contributed by atoms with Gasteiger partial charge in [0, 0.05) is 17.3 Å². The molecule has 5 nitrogen and oxygen atoms in total. The molecule has 1 saturated carbocycles. The molecule has 0 aromatic heterocycles. The van der Waals surface area contributed by atoms with Crippen LogP contribution in [0.2, 0.25) is 0 Å². The maximum Gasteiger partial charge on any atom is 0.319 e. The molecule has 1 unspecified atom stereocenters. The van der Waals surface area contributed by atoms with Crippen molar-refractivity contribution in [2.24, 2.45) is 0 Å². The molecule has 21 heavy (non-hydrogen) atoms. The highest BCUT2D eigenvalue weighted by Crippen LogP contribution is 2.38. The zero-order valence-corrected chi connectivity index (χ0v) is 12.0. The van der Waals surface area contributed by atoms with E-state index in [1.165, 1.54) is 19.3 Å². The van der Waals surface area contributed by atoms with Crippen molar-refractivity contribution in [3.8, 4) is 6.07 Å². The number of benzene rings is 1. The van der Waals surface area contributed by atoms with Crippen LogP contribution in [0.5, 0.6) is 0 Å². The Hall–Kier alpha value is -2.06. The molecular weight excluding hydrogens is 264 g/mol. The van der Waals surface area contributed by atoms with Crippen molar-refractivity contribution in [3.63, 3.8) is 0 Å². The number of hydrogen-bond donors (Lipinski definition) is 3. The monoisotopic (exact) mass is 284 g/mol. The summed E-state index contributed by atoms with van der Waals surface area (Å²) in [6, 6.07) is 9.02. The van der Waals surface area contributed by atoms with Crippen molar-refractivity contribution in [2.45, 2.75) is 43.7 Å². The van der Waals surface area contributed by atoms with E-state index >= 15 is 0 Å². The maximum atomic E-state index is 12.0. The summed E-state index contributed by atoms with van der Waals surface area (Å²) < 4.78 is 0. The first-order chi connectivity index (χ1) is 10.2. The van der Waals surface area contributed by atoms with Gasteiger partial charge in [0.05, 0.1) is 11.6 Å². The first kappa shape index (κ1) is 13.9. The van der Waals surface area contributed by atoms with Gasteiger partial charge in [-0.2, -0.15) is 5.26 Å². The van der Waals surface area contributed by atoms with Crippen LogP contribution >= 0.6 is 0 Å². The first-order valence-corrected chi connectivity index (χ1v) is 7.52. The van der Waals surface area contributed by atoms with E-state index in [9.17, 15) is 4.79 Å². The lowest BCUT2D eigenvalue weighted by atomic mass is 9.70. The second-order valence-corrected chi connectivity index (χ2v) is 6.04. The Balaban J connectivity index is 1.52. The summed E-state index contributed by atoms with van der Waals surface area (Å²) >= 11 is 0. The standard InChI is InChI=1S/C16H20N4O/c17-11-12-2-4-13(5-3-12)19-15(21)20-14-6-9-18-16(10-14)7-1-8-16/h2-5,14,18H,1,6-10H2,(H2,19,20,21). The predicted octanol–water partition coefficient (Wildman–Crippen LogP) is 2.35. The Morgan fingerprint density at radius 2 is 2.10 bits per heavy atom. The zero-order chi connectivity index (χ0) is 14.7. The van der Waals surface area contributed by atoms with Crippen molar-refractivity contribution in [1.29, 1.82) is 5.26 Å². The molecule has 110 valence electrons. The van der Waals surface area contributed by atoms with E-state index < -0.39 is 0 Å². The van der Waals surface area contributed by atoms with Crippen LogP contribution in [0.4, 0.5) is 10.5 Å². The fourth-order valence-electron chi connectivity index (χ4n) is 3.25. The van der Waals surface area contributed by atoms with Crippen molar-refractivity contribution in [3.05, 3.63) is 29.8 Å². The maximum absolute atomic E-state index is 12.0. The van der Waals surface area contributed by atoms with Crippen molar-refractivity contribution in [1.82, 2.24) is 10.6 Å². The molecule has 1 aliphatic heterocycles. The van der Waals surface area contributed by atoms with Crippen LogP contribution in [0.1, 0.15) is 37.7 Å². The number of nitrogens with zero attached hydrogens (tertiary/aromatic N) is 1. The van der Waals surface area contributed by atoms with E-state index in [0.717, 1.165) is 19.4 Å². The van der Waals surface area contributed by atoms with Crippen molar-refractivity contribution in [2.75, 3.05) is 11.9 Å². The van der Waals surface area contributed by atoms with Crippen LogP contribution in [-0.2, 0) is 0 Å². The van der Waals surface area contributed by atoms with Gasteiger partial charge in [-0.3, -0.25) is 0 Å². The lowest BCUT2D eigenvalue weighted by Gasteiger charge is -2.48. The fourth-order valence-corrected chi connectivity index (χ4v) is 3.25. The summed E-state index contributed by atoms with van der Waals surface area (Å²) in [6.07, 6.45) is 5.73. The molecule has 2 aliphatic rings. The molecule has 0 bridgehead atoms. The highest BCUT2D eigenvalue weighted by molar-refractivity contribution is 5.89. The third-order valence-electron chi connectivity index (χ3n) is 4.55. The molecule has 1 aromatic rings. The fraction of sp³-hybridized carbons (Fsp3) is 0.500. The Bertz CT molecular complexity index is 557. The van der Waals surface area contributed by atoms with Crippen LogP contribution in [0.25, 0.3) is 0 Å². The second kappa shape index (κ2) is 5.74. The van der Waals surface area contributed by atoms with Gasteiger partial charge in [-0.1, -0.05) is 0 Å². The Morgan fingerprint density at radius 3 is 2.71 bits per heavy atom. The van der Waals surface area contributed by atoms with Gasteiger partial charge >= 0.3 is 6.03 Å². The topological polar surface area (TPSA) is 77.0 Å². The number of amides is 2. The second-order valence-electron chi connectivity index (χ2n) is 6.04. The van der Waals surface area contributed by atoms with Gasteiger partial charge < -0.3 is 16.0 Å². The smallest absolute Gasteiger partial charge is 0.319 e. The predicted molar refractivity (Wildman–Crippen MR) is 80.9 cm³/mol. The quantitative estimate of drug-likeness (QED) is 0.780. The number of hydrogen-bond acceptors (Lipinski definition) is 3. The molecular formula is C16H20N4O. The Labute approximate surface area is 124 Å². The summed E-state index contributed by atoms with van der Waals surface area (Å²) in [5, 5.41) is 18.2. The molecule has 1 aliphatic carbocycles. The molecule has 1 heterocycles. The molecule has 1 saturated heterocycles. The molecule has 5 heteroatoms. The van der Waals surface area contributed by atoms with Gasteiger partial charge in [0.25, 0.3) is 0 Å². The van der Waals surface area contributed by atoms with Crippen LogP contribution in [0.15, 0.2) is 24.3 Å². The number of rotatable bonds is 2. The molecule has 2 fully saturated rings. The van der Waals surface area contributed by atoms with E-state index in [1.807, 2.05) is 0 Å². The molecule has 1 atom stereocenters. The summed E-state index contributed by atoms with van der Waals surface area (Å²) in [4.78, 5) is 12.0. The summed E-state index contributed by atoms with van der Waals surface area (Å²) in [6.45, 7) is 0.974. The lowest BCUT2D eigenvalue weighted by molar-refractivity contribution is 0.122. The SMILES string of the molecule is N#Cc1ccc(NC(=O)NC2CCNC3(CCC3)C2)cc1. The van der Waals surface area contributed by atoms with Crippen LogP contribution in [-0.4, -0.2) is 24.2 Å². The van der Waals surface area contributed by atoms with E-state index in [-0.39, 0.29) is 17.6 Å². The third-order valence-corrected chi connectivity index (χ3v) is 4.55. The average molecular weight is 284 g/mol. The van der Waals surface area contributed by atoms with Crippen molar-refractivity contribution < 1.29 is 4.79 Å². The number of nitrogens with one attached hydrogen (secondary N) is 3. The van der Waals surface area contributed by atoms with E-state index in [2.05, 4.69) is 22.0 Å². The van der Waals surface area contributed by atoms with E-state index in [0.29, 0.717) is 11.3 Å².